The molecule has 0 unspecified atom stereocenters. The van der Waals surface area contributed by atoms with E-state index < -0.39 is 11.9 Å². The summed E-state index contributed by atoms with van der Waals surface area (Å²) in [4.78, 5) is 31.5. The van der Waals surface area contributed by atoms with E-state index in [9.17, 15) is 18.0 Å². The van der Waals surface area contributed by atoms with Gasteiger partial charge in [0, 0.05) is 43.6 Å². The number of aromatic nitrogens is 5. The molecular formula is C22H18F3N7OS. The van der Waals surface area contributed by atoms with Gasteiger partial charge in [-0.25, -0.2) is 19.9 Å². The minimum absolute atomic E-state index is 0.157. The van der Waals surface area contributed by atoms with Gasteiger partial charge in [0.25, 0.3) is 5.91 Å². The SMILES string of the molecule is Cc1cc(Nc2nccc(C(F)(F)F)n2)cc(-c2cnc(C(=O)N3CCn4ccnc4C3)s2)c1. The van der Waals surface area contributed by atoms with E-state index in [-0.39, 0.29) is 11.9 Å². The van der Waals surface area contributed by atoms with Crippen LogP contribution in [0.1, 0.15) is 26.9 Å². The van der Waals surface area contributed by atoms with Crippen LogP contribution in [0.4, 0.5) is 24.8 Å². The molecule has 1 N–H and O–H groups in total. The summed E-state index contributed by atoms with van der Waals surface area (Å²) in [6.45, 7) is 3.55. The Bertz CT molecular complexity index is 1360. The Balaban J connectivity index is 1.36. The molecule has 1 aromatic carbocycles. The lowest BCUT2D eigenvalue weighted by Gasteiger charge is -2.26. The minimum atomic E-state index is -4.56. The average molecular weight is 485 g/mol. The molecule has 8 nitrogen and oxygen atoms in total. The van der Waals surface area contributed by atoms with Crippen LogP contribution in [0.3, 0.4) is 0 Å². The molecule has 4 heterocycles. The number of nitrogens with one attached hydrogen (secondary N) is 1. The maximum atomic E-state index is 13.0. The van der Waals surface area contributed by atoms with Crippen molar-refractivity contribution in [3.8, 4) is 10.4 Å². The van der Waals surface area contributed by atoms with Crippen molar-refractivity contribution in [3.05, 3.63) is 71.1 Å². The normalized spacial score (nSPS) is 13.6. The number of aryl methyl sites for hydroxylation is 1. The predicted octanol–water partition coefficient (Wildman–Crippen LogP) is 4.52. The van der Waals surface area contributed by atoms with Gasteiger partial charge in [-0.1, -0.05) is 6.07 Å². The molecule has 1 aliphatic rings. The highest BCUT2D eigenvalue weighted by molar-refractivity contribution is 7.16. The van der Waals surface area contributed by atoms with Gasteiger partial charge in [-0.15, -0.1) is 11.3 Å². The summed E-state index contributed by atoms with van der Waals surface area (Å²) in [7, 11) is 0. The second-order valence-electron chi connectivity index (χ2n) is 7.77. The Kier molecular flexibility index (Phi) is 5.52. The summed E-state index contributed by atoms with van der Waals surface area (Å²) in [5.41, 5.74) is 1.15. The molecule has 34 heavy (non-hydrogen) atoms. The van der Waals surface area contributed by atoms with Crippen LogP contribution in [0.2, 0.25) is 0 Å². The van der Waals surface area contributed by atoms with Gasteiger partial charge < -0.3 is 14.8 Å². The second kappa shape index (κ2) is 8.52. The molecular weight excluding hydrogens is 467 g/mol. The number of alkyl halides is 3. The van der Waals surface area contributed by atoms with Crippen LogP contribution in [-0.4, -0.2) is 41.9 Å². The monoisotopic (exact) mass is 485 g/mol. The van der Waals surface area contributed by atoms with Gasteiger partial charge >= 0.3 is 6.18 Å². The largest absolute Gasteiger partial charge is 0.433 e. The molecule has 5 rings (SSSR count). The van der Waals surface area contributed by atoms with Crippen molar-refractivity contribution in [1.82, 2.24) is 29.4 Å². The van der Waals surface area contributed by atoms with E-state index in [4.69, 9.17) is 0 Å². The van der Waals surface area contributed by atoms with Crippen molar-refractivity contribution in [2.45, 2.75) is 26.2 Å². The summed E-state index contributed by atoms with van der Waals surface area (Å²) in [6, 6.07) is 6.27. The highest BCUT2D eigenvalue weighted by Gasteiger charge is 2.32. The number of hydrogen-bond donors (Lipinski definition) is 1. The van der Waals surface area contributed by atoms with Crippen molar-refractivity contribution in [3.63, 3.8) is 0 Å². The van der Waals surface area contributed by atoms with Crippen LogP contribution in [0.15, 0.2) is 49.1 Å². The quantitative estimate of drug-likeness (QED) is 0.457. The third kappa shape index (κ3) is 4.49. The van der Waals surface area contributed by atoms with Gasteiger partial charge in [0.1, 0.15) is 11.5 Å². The fraction of sp³-hybridized carbons (Fsp3) is 0.227. The fourth-order valence-electron chi connectivity index (χ4n) is 3.69. The summed E-state index contributed by atoms with van der Waals surface area (Å²) in [5.74, 6) is 0.520. The number of nitrogens with zero attached hydrogens (tertiary/aromatic N) is 6. The van der Waals surface area contributed by atoms with Crippen molar-refractivity contribution >= 4 is 28.9 Å². The lowest BCUT2D eigenvalue weighted by Crippen LogP contribution is -2.38. The zero-order valence-electron chi connectivity index (χ0n) is 17.9. The standard InChI is InChI=1S/C22H18F3N7OS/c1-13-8-14(10-15(9-13)29-21-27-3-2-17(30-21)22(23,24)25)16-11-28-19(34-16)20(33)32-7-6-31-5-4-26-18(31)12-32/h2-5,8-11H,6-7,12H2,1H3,(H,27,29,30). The molecule has 3 aromatic heterocycles. The van der Waals surface area contributed by atoms with Crippen molar-refractivity contribution in [1.29, 1.82) is 0 Å². The van der Waals surface area contributed by atoms with Crippen LogP contribution < -0.4 is 5.32 Å². The predicted molar refractivity (Wildman–Crippen MR) is 120 cm³/mol. The lowest BCUT2D eigenvalue weighted by molar-refractivity contribution is -0.141. The summed E-state index contributed by atoms with van der Waals surface area (Å²) in [5, 5.41) is 3.20. The second-order valence-corrected chi connectivity index (χ2v) is 8.80. The Morgan fingerprint density at radius 2 is 1.97 bits per heavy atom. The Morgan fingerprint density at radius 1 is 1.12 bits per heavy atom. The number of benzene rings is 1. The number of rotatable bonds is 4. The van der Waals surface area contributed by atoms with Gasteiger partial charge in [0.05, 0.1) is 11.4 Å². The van der Waals surface area contributed by atoms with Gasteiger partial charge in [-0.05, 0) is 36.2 Å². The highest BCUT2D eigenvalue weighted by atomic mass is 32.1. The molecule has 0 atom stereocenters. The van der Waals surface area contributed by atoms with Crippen LogP contribution in [0, 0.1) is 6.92 Å². The number of amides is 1. The maximum Gasteiger partial charge on any atom is 0.433 e. The lowest BCUT2D eigenvalue weighted by atomic mass is 10.1. The van der Waals surface area contributed by atoms with E-state index in [0.29, 0.717) is 30.3 Å². The van der Waals surface area contributed by atoms with Crippen LogP contribution in [0.5, 0.6) is 0 Å². The van der Waals surface area contributed by atoms with Crippen LogP contribution >= 0.6 is 11.3 Å². The third-order valence-corrected chi connectivity index (χ3v) is 6.32. The molecule has 0 fully saturated rings. The first-order valence-electron chi connectivity index (χ1n) is 10.3. The molecule has 1 aliphatic heterocycles. The van der Waals surface area contributed by atoms with Gasteiger partial charge in [0.15, 0.2) is 5.01 Å². The zero-order valence-corrected chi connectivity index (χ0v) is 18.7. The van der Waals surface area contributed by atoms with E-state index >= 15 is 0 Å². The third-order valence-electron chi connectivity index (χ3n) is 5.28. The molecule has 0 spiro atoms. The number of fused-ring (bicyclic) bond motifs is 1. The van der Waals surface area contributed by atoms with E-state index in [1.165, 1.54) is 11.3 Å². The first-order chi connectivity index (χ1) is 16.3. The first-order valence-corrected chi connectivity index (χ1v) is 11.1. The Hall–Kier alpha value is -3.80. The summed E-state index contributed by atoms with van der Waals surface area (Å²) in [6.07, 6.45) is 1.74. The van der Waals surface area contributed by atoms with Crippen LogP contribution in [-0.2, 0) is 19.3 Å². The number of hydrogen-bond acceptors (Lipinski definition) is 7. The van der Waals surface area contributed by atoms with Crippen molar-refractivity contribution < 1.29 is 18.0 Å². The number of thiazole rings is 1. The van der Waals surface area contributed by atoms with E-state index in [0.717, 1.165) is 34.1 Å². The number of carbonyl (C=O) groups excluding carboxylic acids is 1. The molecule has 0 bridgehead atoms. The Morgan fingerprint density at radius 3 is 2.79 bits per heavy atom. The number of halogens is 3. The molecule has 1 amide bonds. The molecule has 0 radical (unpaired) electrons. The maximum absolute atomic E-state index is 13.0. The van der Waals surface area contributed by atoms with E-state index in [2.05, 4.69) is 25.3 Å². The Labute approximate surface area is 196 Å². The molecule has 0 saturated carbocycles. The van der Waals surface area contributed by atoms with E-state index in [1.807, 2.05) is 23.8 Å². The van der Waals surface area contributed by atoms with Crippen LogP contribution in [0.25, 0.3) is 10.4 Å². The minimum Gasteiger partial charge on any atom is -0.332 e. The van der Waals surface area contributed by atoms with Gasteiger partial charge in [0.2, 0.25) is 5.95 Å². The average Bonchev–Trinajstić information content (AvgIpc) is 3.47. The highest BCUT2D eigenvalue weighted by Crippen LogP contribution is 2.32. The number of anilines is 2. The topological polar surface area (TPSA) is 88.8 Å². The molecule has 0 saturated heterocycles. The first kappa shape index (κ1) is 22.0. The number of imidazole rings is 1. The molecule has 12 heteroatoms. The fourth-order valence-corrected chi connectivity index (χ4v) is 4.56. The summed E-state index contributed by atoms with van der Waals surface area (Å²) >= 11 is 1.26. The number of carbonyl (C=O) groups is 1. The zero-order chi connectivity index (χ0) is 23.9. The van der Waals surface area contributed by atoms with Gasteiger partial charge in [-0.3, -0.25) is 4.79 Å². The molecule has 4 aromatic rings. The molecule has 0 aliphatic carbocycles. The van der Waals surface area contributed by atoms with Crippen molar-refractivity contribution in [2.24, 2.45) is 0 Å². The van der Waals surface area contributed by atoms with E-state index in [1.54, 1.807) is 29.4 Å². The summed E-state index contributed by atoms with van der Waals surface area (Å²) < 4.78 is 40.9. The van der Waals surface area contributed by atoms with Crippen molar-refractivity contribution in [2.75, 3.05) is 11.9 Å². The smallest absolute Gasteiger partial charge is 0.332 e. The van der Waals surface area contributed by atoms with Gasteiger partial charge in [-0.2, -0.15) is 13.2 Å². The molecule has 174 valence electrons.